The zero-order valence-electron chi connectivity index (χ0n) is 14.9. The molecule has 0 unspecified atom stereocenters. The predicted octanol–water partition coefficient (Wildman–Crippen LogP) is 3.49. The number of carbonyl (C=O) groups excluding carboxylic acids is 2. The number of carbonyl (C=O) groups is 2. The first-order chi connectivity index (χ1) is 12.9. The van der Waals surface area contributed by atoms with E-state index in [9.17, 15) is 14.7 Å². The van der Waals surface area contributed by atoms with Crippen LogP contribution in [0.4, 0.5) is 0 Å². The molecule has 2 aromatic rings. The molecule has 2 rings (SSSR count). The van der Waals surface area contributed by atoms with Crippen molar-refractivity contribution in [2.75, 3.05) is 13.7 Å². The number of phenolic OH excluding ortho intramolecular Hbond substituents is 1. The molecular weight excluding hydrogens is 370 g/mol. The van der Waals surface area contributed by atoms with Crippen LogP contribution >= 0.6 is 11.6 Å². The average Bonchev–Trinajstić information content (AvgIpc) is 2.66. The van der Waals surface area contributed by atoms with Gasteiger partial charge in [-0.3, -0.25) is 4.79 Å². The summed E-state index contributed by atoms with van der Waals surface area (Å²) in [6, 6.07) is 11.5. The number of hydrogen-bond acceptors (Lipinski definition) is 5. The Labute approximate surface area is 162 Å². The van der Waals surface area contributed by atoms with Gasteiger partial charge >= 0.3 is 5.97 Å². The van der Waals surface area contributed by atoms with Gasteiger partial charge in [-0.2, -0.15) is 0 Å². The monoisotopic (exact) mass is 389 g/mol. The number of methoxy groups -OCH3 is 1. The highest BCUT2D eigenvalue weighted by Crippen LogP contribution is 2.26. The first-order valence-corrected chi connectivity index (χ1v) is 8.53. The van der Waals surface area contributed by atoms with E-state index in [1.807, 2.05) is 19.1 Å². The molecule has 2 N–H and O–H groups in total. The average molecular weight is 390 g/mol. The summed E-state index contributed by atoms with van der Waals surface area (Å²) in [4.78, 5) is 23.7. The molecule has 0 heterocycles. The van der Waals surface area contributed by atoms with Crippen molar-refractivity contribution in [2.24, 2.45) is 0 Å². The Balaban J connectivity index is 1.82. The maximum absolute atomic E-state index is 11.9. The molecule has 0 aromatic heterocycles. The normalized spacial score (nSPS) is 11.8. The molecule has 0 aliphatic carbocycles. The summed E-state index contributed by atoms with van der Waals surface area (Å²) in [6.07, 6.45) is 2.69. The minimum Gasteiger partial charge on any atom is -0.504 e. The van der Waals surface area contributed by atoms with E-state index in [-0.39, 0.29) is 18.4 Å². The predicted molar refractivity (Wildman–Crippen MR) is 103 cm³/mol. The molecule has 0 bridgehead atoms. The lowest BCUT2D eigenvalue weighted by Crippen LogP contribution is -2.30. The number of aromatic hydroxyl groups is 1. The zero-order chi connectivity index (χ0) is 19.8. The van der Waals surface area contributed by atoms with Crippen molar-refractivity contribution < 1.29 is 24.2 Å². The Morgan fingerprint density at radius 1 is 1.22 bits per heavy atom. The molecule has 2 aromatic carbocycles. The third kappa shape index (κ3) is 6.34. The molecule has 6 nitrogen and oxygen atoms in total. The molecule has 27 heavy (non-hydrogen) atoms. The van der Waals surface area contributed by atoms with E-state index in [2.05, 4.69) is 5.32 Å². The molecular formula is C20H20ClNO5. The summed E-state index contributed by atoms with van der Waals surface area (Å²) >= 11 is 5.83. The number of ether oxygens (including phenoxy) is 2. The molecule has 0 saturated heterocycles. The molecule has 1 atom stereocenters. The van der Waals surface area contributed by atoms with Crippen molar-refractivity contribution in [3.63, 3.8) is 0 Å². The van der Waals surface area contributed by atoms with Crippen LogP contribution in [0.3, 0.4) is 0 Å². The van der Waals surface area contributed by atoms with Crippen LogP contribution in [0, 0.1) is 0 Å². The number of halogens is 1. The van der Waals surface area contributed by atoms with Gasteiger partial charge < -0.3 is 19.9 Å². The van der Waals surface area contributed by atoms with Crippen molar-refractivity contribution in [3.8, 4) is 11.5 Å². The van der Waals surface area contributed by atoms with E-state index in [4.69, 9.17) is 21.1 Å². The number of esters is 1. The van der Waals surface area contributed by atoms with Gasteiger partial charge in [0.05, 0.1) is 13.2 Å². The van der Waals surface area contributed by atoms with E-state index in [0.717, 1.165) is 5.56 Å². The van der Waals surface area contributed by atoms with Gasteiger partial charge in [-0.05, 0) is 48.4 Å². The first kappa shape index (κ1) is 20.3. The van der Waals surface area contributed by atoms with Crippen LogP contribution in [-0.2, 0) is 14.3 Å². The fourth-order valence-electron chi connectivity index (χ4n) is 2.26. The van der Waals surface area contributed by atoms with Crippen molar-refractivity contribution >= 4 is 29.6 Å². The molecule has 1 amide bonds. The van der Waals surface area contributed by atoms with Crippen LogP contribution in [0.25, 0.3) is 6.08 Å². The van der Waals surface area contributed by atoms with Crippen LogP contribution in [0.5, 0.6) is 11.5 Å². The first-order valence-electron chi connectivity index (χ1n) is 8.15. The van der Waals surface area contributed by atoms with Gasteiger partial charge in [0.1, 0.15) is 0 Å². The fourth-order valence-corrected chi connectivity index (χ4v) is 2.39. The zero-order valence-corrected chi connectivity index (χ0v) is 15.7. The van der Waals surface area contributed by atoms with E-state index >= 15 is 0 Å². The lowest BCUT2D eigenvalue weighted by Gasteiger charge is -2.14. The SMILES string of the molecule is COc1cc(/C=C/C(=O)OCC(=O)N[C@H](C)c2ccc(Cl)cc2)ccc1O. The Morgan fingerprint density at radius 3 is 2.59 bits per heavy atom. The van der Waals surface area contributed by atoms with Gasteiger partial charge in [-0.15, -0.1) is 0 Å². The number of nitrogens with one attached hydrogen (secondary N) is 1. The second-order valence-corrected chi connectivity index (χ2v) is 6.15. The Bertz CT molecular complexity index is 833. The van der Waals surface area contributed by atoms with Crippen molar-refractivity contribution in [1.82, 2.24) is 5.32 Å². The topological polar surface area (TPSA) is 84.9 Å². The van der Waals surface area contributed by atoms with Gasteiger partial charge in [0.2, 0.25) is 0 Å². The minimum absolute atomic E-state index is 0.00343. The lowest BCUT2D eigenvalue weighted by atomic mass is 10.1. The number of amides is 1. The van der Waals surface area contributed by atoms with E-state index in [0.29, 0.717) is 16.3 Å². The highest BCUT2D eigenvalue weighted by Gasteiger charge is 2.11. The van der Waals surface area contributed by atoms with Crippen LogP contribution in [0.2, 0.25) is 5.02 Å². The van der Waals surface area contributed by atoms with E-state index in [1.54, 1.807) is 24.3 Å². The quantitative estimate of drug-likeness (QED) is 0.559. The minimum atomic E-state index is -0.656. The van der Waals surface area contributed by atoms with Crippen LogP contribution in [0.15, 0.2) is 48.5 Å². The highest BCUT2D eigenvalue weighted by molar-refractivity contribution is 6.30. The largest absolute Gasteiger partial charge is 0.504 e. The summed E-state index contributed by atoms with van der Waals surface area (Å²) < 4.78 is 9.91. The number of phenols is 1. The maximum atomic E-state index is 11.9. The van der Waals surface area contributed by atoms with Gasteiger partial charge in [0.15, 0.2) is 18.1 Å². The van der Waals surface area contributed by atoms with Crippen LogP contribution in [-0.4, -0.2) is 30.7 Å². The molecule has 0 saturated carbocycles. The van der Waals surface area contributed by atoms with Crippen molar-refractivity contribution in [3.05, 3.63) is 64.7 Å². The van der Waals surface area contributed by atoms with Gasteiger partial charge in [0.25, 0.3) is 5.91 Å². The summed E-state index contributed by atoms with van der Waals surface area (Å²) in [5, 5.41) is 12.9. The fraction of sp³-hybridized carbons (Fsp3) is 0.200. The number of benzene rings is 2. The van der Waals surface area contributed by atoms with Crippen molar-refractivity contribution in [2.45, 2.75) is 13.0 Å². The smallest absolute Gasteiger partial charge is 0.331 e. The molecule has 7 heteroatoms. The lowest BCUT2D eigenvalue weighted by molar-refractivity contribution is -0.144. The Hall–Kier alpha value is -2.99. The maximum Gasteiger partial charge on any atom is 0.331 e. The second kappa shape index (κ2) is 9.64. The van der Waals surface area contributed by atoms with Crippen LogP contribution in [0.1, 0.15) is 24.1 Å². The van der Waals surface area contributed by atoms with E-state index in [1.165, 1.54) is 25.3 Å². The summed E-state index contributed by atoms with van der Waals surface area (Å²) in [5.74, 6) is -0.772. The van der Waals surface area contributed by atoms with Gasteiger partial charge in [-0.1, -0.05) is 29.8 Å². The molecule has 142 valence electrons. The van der Waals surface area contributed by atoms with E-state index < -0.39 is 11.9 Å². The third-order valence-electron chi connectivity index (χ3n) is 3.71. The third-order valence-corrected chi connectivity index (χ3v) is 3.96. The molecule has 0 radical (unpaired) electrons. The molecule has 0 aliphatic heterocycles. The van der Waals surface area contributed by atoms with Crippen molar-refractivity contribution in [1.29, 1.82) is 0 Å². The van der Waals surface area contributed by atoms with Gasteiger partial charge in [-0.25, -0.2) is 4.79 Å². The number of rotatable bonds is 7. The summed E-state index contributed by atoms with van der Waals surface area (Å²) in [6.45, 7) is 1.43. The highest BCUT2D eigenvalue weighted by atomic mass is 35.5. The summed E-state index contributed by atoms with van der Waals surface area (Å²) in [7, 11) is 1.43. The number of hydrogen-bond donors (Lipinski definition) is 2. The standard InChI is InChI=1S/C20H20ClNO5/c1-13(15-5-7-16(21)8-6-15)22-19(24)12-27-20(25)10-4-14-3-9-17(23)18(11-14)26-2/h3-11,13,23H,12H2,1-2H3,(H,22,24)/b10-4+/t13-/m1/s1. The Morgan fingerprint density at radius 2 is 1.93 bits per heavy atom. The van der Waals surface area contributed by atoms with Crippen LogP contribution < -0.4 is 10.1 Å². The van der Waals surface area contributed by atoms with Gasteiger partial charge in [0, 0.05) is 11.1 Å². The Kier molecular flexibility index (Phi) is 7.25. The molecule has 0 aliphatic rings. The molecule has 0 spiro atoms. The summed E-state index contributed by atoms with van der Waals surface area (Å²) in [5.41, 5.74) is 1.53. The second-order valence-electron chi connectivity index (χ2n) is 5.71. The molecule has 0 fully saturated rings.